The lowest BCUT2D eigenvalue weighted by Crippen LogP contribution is -2.30. The van der Waals surface area contributed by atoms with Crippen molar-refractivity contribution in [1.82, 2.24) is 5.32 Å². The van der Waals surface area contributed by atoms with Crippen LogP contribution in [-0.4, -0.2) is 13.1 Å². The summed E-state index contributed by atoms with van der Waals surface area (Å²) >= 11 is 0. The van der Waals surface area contributed by atoms with Crippen molar-refractivity contribution in [2.45, 2.75) is 32.6 Å². The first-order valence-electron chi connectivity index (χ1n) is 6.61. The van der Waals surface area contributed by atoms with Gasteiger partial charge in [-0.1, -0.05) is 37.3 Å². The van der Waals surface area contributed by atoms with E-state index in [1.54, 1.807) is 0 Å². The Kier molecular flexibility index (Phi) is 4.41. The van der Waals surface area contributed by atoms with Crippen molar-refractivity contribution in [1.29, 1.82) is 0 Å². The Balaban J connectivity index is 1.76. The van der Waals surface area contributed by atoms with Gasteiger partial charge in [0.25, 0.3) is 0 Å². The van der Waals surface area contributed by atoms with Gasteiger partial charge in [-0.2, -0.15) is 0 Å². The summed E-state index contributed by atoms with van der Waals surface area (Å²) in [6.45, 7) is 4.87. The highest BCUT2D eigenvalue weighted by molar-refractivity contribution is 5.14. The van der Waals surface area contributed by atoms with E-state index < -0.39 is 0 Å². The van der Waals surface area contributed by atoms with E-state index in [9.17, 15) is 0 Å². The molecule has 1 fully saturated rings. The Hall–Kier alpha value is -0.820. The molecule has 0 radical (unpaired) electrons. The second-order valence-corrected chi connectivity index (χ2v) is 5.09. The van der Waals surface area contributed by atoms with E-state index in [1.807, 2.05) is 0 Å². The molecule has 0 aliphatic carbocycles. The van der Waals surface area contributed by atoms with Crippen LogP contribution in [0, 0.1) is 11.8 Å². The van der Waals surface area contributed by atoms with Gasteiger partial charge >= 0.3 is 0 Å². The van der Waals surface area contributed by atoms with Crippen molar-refractivity contribution < 1.29 is 0 Å². The van der Waals surface area contributed by atoms with Crippen LogP contribution in [0.3, 0.4) is 0 Å². The number of benzene rings is 1. The van der Waals surface area contributed by atoms with Crippen LogP contribution in [0.1, 0.15) is 31.7 Å². The number of hydrogen-bond acceptors (Lipinski definition) is 1. The molecule has 88 valence electrons. The molecule has 0 saturated carbocycles. The van der Waals surface area contributed by atoms with Crippen LogP contribution in [0.2, 0.25) is 0 Å². The summed E-state index contributed by atoms with van der Waals surface area (Å²) < 4.78 is 0. The van der Waals surface area contributed by atoms with Gasteiger partial charge in [-0.3, -0.25) is 0 Å². The second kappa shape index (κ2) is 6.05. The molecule has 0 aromatic heterocycles. The highest BCUT2D eigenvalue weighted by Crippen LogP contribution is 2.25. The van der Waals surface area contributed by atoms with E-state index in [0.717, 1.165) is 11.8 Å². The summed E-state index contributed by atoms with van der Waals surface area (Å²) in [5, 5.41) is 3.44. The molecule has 1 heteroatoms. The fourth-order valence-electron chi connectivity index (χ4n) is 2.69. The van der Waals surface area contributed by atoms with Crippen molar-refractivity contribution in [3.63, 3.8) is 0 Å². The molecule has 1 aromatic rings. The molecule has 1 nitrogen and oxygen atoms in total. The first kappa shape index (κ1) is 11.7. The van der Waals surface area contributed by atoms with E-state index in [2.05, 4.69) is 42.6 Å². The Morgan fingerprint density at radius 1 is 1.19 bits per heavy atom. The van der Waals surface area contributed by atoms with Crippen LogP contribution in [0.5, 0.6) is 0 Å². The van der Waals surface area contributed by atoms with Gasteiger partial charge in [0.05, 0.1) is 0 Å². The minimum atomic E-state index is 0.877. The second-order valence-electron chi connectivity index (χ2n) is 5.09. The Morgan fingerprint density at radius 3 is 2.56 bits per heavy atom. The largest absolute Gasteiger partial charge is 0.317 e. The summed E-state index contributed by atoms with van der Waals surface area (Å²) in [6, 6.07) is 10.9. The van der Waals surface area contributed by atoms with Crippen molar-refractivity contribution in [3.05, 3.63) is 35.9 Å². The minimum absolute atomic E-state index is 0.877. The normalized spacial score (nSPS) is 19.6. The molecule has 2 rings (SSSR count). The van der Waals surface area contributed by atoms with Gasteiger partial charge in [0.15, 0.2) is 0 Å². The van der Waals surface area contributed by atoms with Gasteiger partial charge in [0.1, 0.15) is 0 Å². The quantitative estimate of drug-likeness (QED) is 0.816. The third-order valence-corrected chi connectivity index (χ3v) is 3.92. The van der Waals surface area contributed by atoms with E-state index >= 15 is 0 Å². The van der Waals surface area contributed by atoms with Gasteiger partial charge in [-0.05, 0) is 56.2 Å². The first-order valence-corrected chi connectivity index (χ1v) is 6.61. The Morgan fingerprint density at radius 2 is 1.88 bits per heavy atom. The van der Waals surface area contributed by atoms with E-state index in [4.69, 9.17) is 0 Å². The number of piperidine rings is 1. The molecule has 1 saturated heterocycles. The smallest absolute Gasteiger partial charge is 0.00462 e. The molecule has 16 heavy (non-hydrogen) atoms. The summed E-state index contributed by atoms with van der Waals surface area (Å²) in [7, 11) is 0. The van der Waals surface area contributed by atoms with Crippen molar-refractivity contribution in [2.75, 3.05) is 13.1 Å². The van der Waals surface area contributed by atoms with Gasteiger partial charge in [-0.15, -0.1) is 0 Å². The lowest BCUT2D eigenvalue weighted by atomic mass is 9.83. The van der Waals surface area contributed by atoms with Gasteiger partial charge in [0, 0.05) is 0 Å². The fourth-order valence-corrected chi connectivity index (χ4v) is 2.69. The standard InChI is InChI=1S/C15H23N/c1-13(15-9-11-16-12-10-15)7-8-14-5-3-2-4-6-14/h2-6,13,15-16H,7-12H2,1H3. The maximum Gasteiger partial charge on any atom is -0.00462 e. The number of hydrogen-bond donors (Lipinski definition) is 1. The fraction of sp³-hybridized carbons (Fsp3) is 0.600. The highest BCUT2D eigenvalue weighted by Gasteiger charge is 2.19. The highest BCUT2D eigenvalue weighted by atomic mass is 14.9. The van der Waals surface area contributed by atoms with Crippen LogP contribution < -0.4 is 5.32 Å². The van der Waals surface area contributed by atoms with Crippen molar-refractivity contribution in [2.24, 2.45) is 11.8 Å². The van der Waals surface area contributed by atoms with Crippen LogP contribution in [0.4, 0.5) is 0 Å². The third-order valence-electron chi connectivity index (χ3n) is 3.92. The number of aryl methyl sites for hydroxylation is 1. The topological polar surface area (TPSA) is 12.0 Å². The molecule has 0 spiro atoms. The Bertz CT molecular complexity index is 288. The predicted molar refractivity (Wildman–Crippen MR) is 69.5 cm³/mol. The van der Waals surface area contributed by atoms with Gasteiger partial charge in [-0.25, -0.2) is 0 Å². The van der Waals surface area contributed by atoms with Gasteiger partial charge < -0.3 is 5.32 Å². The van der Waals surface area contributed by atoms with Gasteiger partial charge in [0.2, 0.25) is 0 Å². The summed E-state index contributed by atoms with van der Waals surface area (Å²) in [5.74, 6) is 1.83. The first-order chi connectivity index (χ1) is 7.86. The van der Waals surface area contributed by atoms with Crippen LogP contribution in [0.15, 0.2) is 30.3 Å². The summed E-state index contributed by atoms with van der Waals surface area (Å²) in [5.41, 5.74) is 1.49. The number of nitrogens with one attached hydrogen (secondary N) is 1. The molecule has 1 unspecified atom stereocenters. The monoisotopic (exact) mass is 217 g/mol. The lowest BCUT2D eigenvalue weighted by Gasteiger charge is -2.28. The molecule has 1 atom stereocenters. The van der Waals surface area contributed by atoms with E-state index in [-0.39, 0.29) is 0 Å². The zero-order chi connectivity index (χ0) is 11.2. The van der Waals surface area contributed by atoms with Crippen molar-refractivity contribution >= 4 is 0 Å². The van der Waals surface area contributed by atoms with Crippen LogP contribution in [0.25, 0.3) is 0 Å². The van der Waals surface area contributed by atoms with Crippen LogP contribution >= 0.6 is 0 Å². The average Bonchev–Trinajstić information content (AvgIpc) is 2.38. The molecule has 1 aliphatic rings. The minimum Gasteiger partial charge on any atom is -0.317 e. The molecule has 1 N–H and O–H groups in total. The molecular weight excluding hydrogens is 194 g/mol. The van der Waals surface area contributed by atoms with Crippen LogP contribution in [-0.2, 0) is 6.42 Å². The van der Waals surface area contributed by atoms with E-state index in [0.29, 0.717) is 0 Å². The summed E-state index contributed by atoms with van der Waals surface area (Å²) in [6.07, 6.45) is 5.33. The Labute approximate surface area is 99.3 Å². The maximum atomic E-state index is 3.44. The molecule has 1 aromatic carbocycles. The van der Waals surface area contributed by atoms with E-state index in [1.165, 1.54) is 44.3 Å². The van der Waals surface area contributed by atoms with Crippen molar-refractivity contribution in [3.8, 4) is 0 Å². The number of rotatable bonds is 4. The summed E-state index contributed by atoms with van der Waals surface area (Å²) in [4.78, 5) is 0. The molecular formula is C15H23N. The zero-order valence-electron chi connectivity index (χ0n) is 10.3. The molecule has 0 amide bonds. The zero-order valence-corrected chi connectivity index (χ0v) is 10.3. The SMILES string of the molecule is CC(CCc1ccccc1)C1CCNCC1. The molecule has 0 bridgehead atoms. The molecule has 1 heterocycles. The average molecular weight is 217 g/mol. The molecule has 1 aliphatic heterocycles. The maximum absolute atomic E-state index is 3.44. The lowest BCUT2D eigenvalue weighted by molar-refractivity contribution is 0.264. The predicted octanol–water partition coefficient (Wildman–Crippen LogP) is 3.25. The third kappa shape index (κ3) is 3.34.